The van der Waals surface area contributed by atoms with Gasteiger partial charge < -0.3 is 21.7 Å². The zero-order chi connectivity index (χ0) is 14.0. The molecular weight excluding hydrogens is 232 g/mol. The minimum absolute atomic E-state index is 0.388. The van der Waals surface area contributed by atoms with Crippen molar-refractivity contribution >= 4 is 0 Å². The van der Waals surface area contributed by atoms with Gasteiger partial charge in [0.1, 0.15) is 0 Å². The summed E-state index contributed by atoms with van der Waals surface area (Å²) < 4.78 is 0. The van der Waals surface area contributed by atoms with Crippen molar-refractivity contribution in [2.75, 3.05) is 52.4 Å². The third-order valence-electron chi connectivity index (χ3n) is 2.67. The lowest BCUT2D eigenvalue weighted by Crippen LogP contribution is -2.43. The fourth-order valence-corrected chi connectivity index (χ4v) is 1.99. The van der Waals surface area contributed by atoms with E-state index in [-0.39, 0.29) is 12.2 Å². The highest BCUT2D eigenvalue weighted by Crippen LogP contribution is 1.97. The number of hydrogen-bond acceptors (Lipinski definition) is 6. The van der Waals surface area contributed by atoms with Crippen molar-refractivity contribution < 1.29 is 10.2 Å². The average Bonchev–Trinajstić information content (AvgIpc) is 2.24. The second-order valence-corrected chi connectivity index (χ2v) is 4.88. The van der Waals surface area contributed by atoms with Crippen molar-refractivity contribution in [1.82, 2.24) is 9.80 Å². The van der Waals surface area contributed by atoms with Gasteiger partial charge in [-0.2, -0.15) is 0 Å². The minimum Gasteiger partial charge on any atom is -0.392 e. The van der Waals surface area contributed by atoms with Gasteiger partial charge in [-0.15, -0.1) is 0 Å². The molecule has 0 aliphatic rings. The number of hydrogen-bond donors (Lipinski definition) is 4. The SMILES string of the molecule is CC(O)CN(CCN(CCN)CCN)CC(C)O. The molecule has 0 saturated heterocycles. The predicted octanol–water partition coefficient (Wildman–Crippen LogP) is -1.73. The standard InChI is InChI=1S/C12H30N4O2/c1-11(17)9-16(10-12(2)18)8-7-15(5-3-13)6-4-14/h11-12,17-18H,3-10,13-14H2,1-2H3. The number of nitrogens with two attached hydrogens (primary N) is 2. The average molecular weight is 262 g/mol. The first-order valence-corrected chi connectivity index (χ1v) is 6.70. The lowest BCUT2D eigenvalue weighted by atomic mass is 10.3. The van der Waals surface area contributed by atoms with E-state index in [9.17, 15) is 10.2 Å². The van der Waals surface area contributed by atoms with Gasteiger partial charge in [0.2, 0.25) is 0 Å². The molecule has 0 saturated carbocycles. The number of aliphatic hydroxyl groups is 2. The highest BCUT2D eigenvalue weighted by atomic mass is 16.3. The van der Waals surface area contributed by atoms with Gasteiger partial charge in [0, 0.05) is 52.4 Å². The van der Waals surface area contributed by atoms with Crippen molar-refractivity contribution in [3.05, 3.63) is 0 Å². The number of rotatable bonds is 11. The Morgan fingerprint density at radius 1 is 0.778 bits per heavy atom. The molecule has 18 heavy (non-hydrogen) atoms. The van der Waals surface area contributed by atoms with Gasteiger partial charge in [0.05, 0.1) is 12.2 Å². The fourth-order valence-electron chi connectivity index (χ4n) is 1.99. The van der Waals surface area contributed by atoms with Crippen LogP contribution in [0.3, 0.4) is 0 Å². The molecule has 2 atom stereocenters. The normalized spacial score (nSPS) is 15.3. The van der Waals surface area contributed by atoms with Gasteiger partial charge in [0.25, 0.3) is 0 Å². The van der Waals surface area contributed by atoms with Crippen LogP contribution < -0.4 is 11.5 Å². The molecule has 0 aliphatic heterocycles. The van der Waals surface area contributed by atoms with E-state index in [1.54, 1.807) is 13.8 Å². The van der Waals surface area contributed by atoms with Gasteiger partial charge in [-0.1, -0.05) is 0 Å². The largest absolute Gasteiger partial charge is 0.392 e. The minimum atomic E-state index is -0.388. The van der Waals surface area contributed by atoms with E-state index in [1.807, 2.05) is 0 Å². The fraction of sp³-hybridized carbons (Fsp3) is 1.00. The van der Waals surface area contributed by atoms with Crippen LogP contribution in [0.2, 0.25) is 0 Å². The van der Waals surface area contributed by atoms with E-state index in [0.29, 0.717) is 26.2 Å². The quantitative estimate of drug-likeness (QED) is 0.353. The maximum Gasteiger partial charge on any atom is 0.0639 e. The van der Waals surface area contributed by atoms with Crippen molar-refractivity contribution in [2.45, 2.75) is 26.1 Å². The first-order chi connectivity index (χ1) is 8.49. The molecule has 0 heterocycles. The van der Waals surface area contributed by atoms with Crippen LogP contribution in [0, 0.1) is 0 Å². The van der Waals surface area contributed by atoms with Crippen LogP contribution in [0.15, 0.2) is 0 Å². The molecule has 6 N–H and O–H groups in total. The molecule has 0 rings (SSSR count). The van der Waals surface area contributed by atoms with E-state index in [4.69, 9.17) is 11.5 Å². The molecule has 0 aromatic heterocycles. The van der Waals surface area contributed by atoms with Crippen LogP contribution in [0.5, 0.6) is 0 Å². The van der Waals surface area contributed by atoms with Gasteiger partial charge in [-0.05, 0) is 13.8 Å². The summed E-state index contributed by atoms with van der Waals surface area (Å²) in [5.74, 6) is 0. The zero-order valence-electron chi connectivity index (χ0n) is 11.8. The number of nitrogens with zero attached hydrogens (tertiary/aromatic N) is 2. The summed E-state index contributed by atoms with van der Waals surface area (Å²) >= 11 is 0. The van der Waals surface area contributed by atoms with Crippen LogP contribution >= 0.6 is 0 Å². The van der Waals surface area contributed by atoms with Gasteiger partial charge in [0.15, 0.2) is 0 Å². The van der Waals surface area contributed by atoms with E-state index >= 15 is 0 Å². The van der Waals surface area contributed by atoms with E-state index < -0.39 is 0 Å². The number of aliphatic hydroxyl groups excluding tert-OH is 2. The van der Waals surface area contributed by atoms with Crippen molar-refractivity contribution in [3.8, 4) is 0 Å². The topological polar surface area (TPSA) is 99.0 Å². The predicted molar refractivity (Wildman–Crippen MR) is 74.4 cm³/mol. The van der Waals surface area contributed by atoms with Crippen molar-refractivity contribution in [2.24, 2.45) is 11.5 Å². The first kappa shape index (κ1) is 17.8. The molecule has 0 fully saturated rings. The summed E-state index contributed by atoms with van der Waals surface area (Å²) in [4.78, 5) is 4.27. The molecule has 0 aliphatic carbocycles. The lowest BCUT2D eigenvalue weighted by Gasteiger charge is -2.28. The molecule has 2 unspecified atom stereocenters. The molecule has 6 nitrogen and oxygen atoms in total. The summed E-state index contributed by atoms with van der Waals surface area (Å²) in [5.41, 5.74) is 11.1. The molecule has 0 amide bonds. The molecule has 0 bridgehead atoms. The molecule has 110 valence electrons. The molecular formula is C12H30N4O2. The third-order valence-corrected chi connectivity index (χ3v) is 2.67. The Balaban J connectivity index is 4.11. The Bertz CT molecular complexity index is 175. The molecule has 0 aromatic carbocycles. The van der Waals surface area contributed by atoms with E-state index in [1.165, 1.54) is 0 Å². The Kier molecular flexibility index (Phi) is 10.5. The van der Waals surface area contributed by atoms with Crippen LogP contribution in [0.25, 0.3) is 0 Å². The lowest BCUT2D eigenvalue weighted by molar-refractivity contribution is 0.0766. The van der Waals surface area contributed by atoms with Crippen LogP contribution in [-0.2, 0) is 0 Å². The highest BCUT2D eigenvalue weighted by molar-refractivity contribution is 4.68. The van der Waals surface area contributed by atoms with E-state index in [2.05, 4.69) is 9.80 Å². The zero-order valence-corrected chi connectivity index (χ0v) is 11.8. The monoisotopic (exact) mass is 262 g/mol. The van der Waals surface area contributed by atoms with Crippen LogP contribution in [0.4, 0.5) is 0 Å². The Hall–Kier alpha value is -0.240. The summed E-state index contributed by atoms with van der Waals surface area (Å²) in [7, 11) is 0. The van der Waals surface area contributed by atoms with Crippen LogP contribution in [-0.4, -0.2) is 84.6 Å². The molecule has 0 spiro atoms. The Morgan fingerprint density at radius 2 is 1.17 bits per heavy atom. The van der Waals surface area contributed by atoms with Crippen molar-refractivity contribution in [1.29, 1.82) is 0 Å². The Labute approximate surface area is 111 Å². The van der Waals surface area contributed by atoms with Crippen molar-refractivity contribution in [3.63, 3.8) is 0 Å². The highest BCUT2D eigenvalue weighted by Gasteiger charge is 2.12. The smallest absolute Gasteiger partial charge is 0.0639 e. The van der Waals surface area contributed by atoms with E-state index in [0.717, 1.165) is 26.2 Å². The maximum absolute atomic E-state index is 9.43. The molecule has 6 heteroatoms. The summed E-state index contributed by atoms with van der Waals surface area (Å²) in [5, 5.41) is 18.9. The summed E-state index contributed by atoms with van der Waals surface area (Å²) in [6.07, 6.45) is -0.776. The maximum atomic E-state index is 9.43. The first-order valence-electron chi connectivity index (χ1n) is 6.70. The summed E-state index contributed by atoms with van der Waals surface area (Å²) in [6.45, 7) is 9.21. The van der Waals surface area contributed by atoms with Gasteiger partial charge in [-0.25, -0.2) is 0 Å². The van der Waals surface area contributed by atoms with Gasteiger partial charge >= 0.3 is 0 Å². The molecule has 0 radical (unpaired) electrons. The molecule has 0 aromatic rings. The second-order valence-electron chi connectivity index (χ2n) is 4.88. The van der Waals surface area contributed by atoms with Gasteiger partial charge in [-0.3, -0.25) is 9.80 Å². The third kappa shape index (κ3) is 9.76. The Morgan fingerprint density at radius 3 is 1.50 bits per heavy atom. The second kappa shape index (κ2) is 10.7. The summed E-state index contributed by atoms with van der Waals surface area (Å²) in [6, 6.07) is 0. The van der Waals surface area contributed by atoms with Crippen LogP contribution in [0.1, 0.15) is 13.8 Å².